The molecule has 0 bridgehead atoms. The van der Waals surface area contributed by atoms with Crippen LogP contribution in [0.3, 0.4) is 0 Å². The van der Waals surface area contributed by atoms with Crippen molar-refractivity contribution >= 4 is 50.7 Å². The maximum Gasteiger partial charge on any atom is 0.229 e. The van der Waals surface area contributed by atoms with Crippen molar-refractivity contribution in [2.45, 2.75) is 26.4 Å². The molecule has 0 aliphatic heterocycles. The molecule has 0 aliphatic carbocycles. The Morgan fingerprint density at radius 3 is 2.44 bits per heavy atom. The lowest BCUT2D eigenvalue weighted by molar-refractivity contribution is 0.0779. The summed E-state index contributed by atoms with van der Waals surface area (Å²) in [6.45, 7) is 5.35. The molecule has 27 heavy (non-hydrogen) atoms. The zero-order valence-corrected chi connectivity index (χ0v) is 17.6. The quantitative estimate of drug-likeness (QED) is 0.453. The van der Waals surface area contributed by atoms with Gasteiger partial charge in [-0.3, -0.25) is 0 Å². The topological polar surface area (TPSA) is 70.1 Å². The number of anilines is 4. The van der Waals surface area contributed by atoms with Crippen LogP contribution in [-0.4, -0.2) is 15.1 Å². The molecular weight excluding hydrogens is 428 g/mol. The minimum absolute atomic E-state index is 0.430. The van der Waals surface area contributed by atoms with E-state index in [9.17, 15) is 5.11 Å². The molecule has 0 fully saturated rings. The number of aliphatic hydroxyl groups is 1. The van der Waals surface area contributed by atoms with Crippen molar-refractivity contribution in [3.8, 4) is 0 Å². The fourth-order valence-corrected chi connectivity index (χ4v) is 3.46. The fraction of sp³-hybridized carbons (Fsp3) is 0.200. The molecule has 5 nitrogen and oxygen atoms in total. The predicted molar refractivity (Wildman–Crippen MR) is 114 cm³/mol. The van der Waals surface area contributed by atoms with Gasteiger partial charge in [0.25, 0.3) is 0 Å². The lowest BCUT2D eigenvalue weighted by Gasteiger charge is -2.21. The van der Waals surface area contributed by atoms with E-state index in [1.807, 2.05) is 43.3 Å². The first-order chi connectivity index (χ1) is 12.7. The third-order valence-corrected chi connectivity index (χ3v) is 5.33. The largest absolute Gasteiger partial charge is 0.386 e. The Morgan fingerprint density at radius 2 is 1.78 bits per heavy atom. The van der Waals surface area contributed by atoms with Gasteiger partial charge in [0.2, 0.25) is 5.95 Å². The molecule has 1 heterocycles. The summed E-state index contributed by atoms with van der Waals surface area (Å²) in [6, 6.07) is 13.4. The number of benzene rings is 2. The second-order valence-electron chi connectivity index (χ2n) is 6.72. The fourth-order valence-electron chi connectivity index (χ4n) is 2.52. The number of hydrogen-bond acceptors (Lipinski definition) is 5. The van der Waals surface area contributed by atoms with Crippen molar-refractivity contribution in [1.29, 1.82) is 0 Å². The molecule has 0 atom stereocenters. The van der Waals surface area contributed by atoms with Crippen molar-refractivity contribution in [1.82, 2.24) is 9.97 Å². The molecule has 0 unspecified atom stereocenters. The zero-order chi connectivity index (χ0) is 19.6. The highest BCUT2D eigenvalue weighted by molar-refractivity contribution is 9.10. The number of aryl methyl sites for hydroxylation is 1. The number of hydrogen-bond donors (Lipinski definition) is 3. The minimum Gasteiger partial charge on any atom is -0.386 e. The van der Waals surface area contributed by atoms with Crippen molar-refractivity contribution in [2.75, 3.05) is 10.6 Å². The van der Waals surface area contributed by atoms with Crippen LogP contribution < -0.4 is 10.6 Å². The molecule has 0 aliphatic rings. The first-order valence-corrected chi connectivity index (χ1v) is 9.56. The van der Waals surface area contributed by atoms with E-state index in [0.717, 1.165) is 11.3 Å². The standard InChI is InChI=1S/C20H20BrClN4O/c1-12-11-23-19(26-18(12)24-13-7-5-4-6-8-13)25-14-9-15(20(2,3)27)17(21)16(22)10-14/h4-11,27H,1-3H3,(H2,23,24,25,26). The summed E-state index contributed by atoms with van der Waals surface area (Å²) < 4.78 is 0.665. The van der Waals surface area contributed by atoms with Gasteiger partial charge in [-0.25, -0.2) is 4.98 Å². The van der Waals surface area contributed by atoms with Crippen LogP contribution in [0.4, 0.5) is 23.1 Å². The van der Waals surface area contributed by atoms with Gasteiger partial charge >= 0.3 is 0 Å². The maximum atomic E-state index is 10.4. The van der Waals surface area contributed by atoms with Gasteiger partial charge in [-0.05, 0) is 61.0 Å². The SMILES string of the molecule is Cc1cnc(Nc2cc(Cl)c(Br)c(C(C)(C)O)c2)nc1Nc1ccccc1. The number of halogens is 2. The van der Waals surface area contributed by atoms with E-state index in [2.05, 4.69) is 36.5 Å². The van der Waals surface area contributed by atoms with Crippen LogP contribution >= 0.6 is 27.5 Å². The number of aromatic nitrogens is 2. The van der Waals surface area contributed by atoms with Crippen LogP contribution in [0.15, 0.2) is 53.1 Å². The smallest absolute Gasteiger partial charge is 0.229 e. The van der Waals surface area contributed by atoms with E-state index in [1.54, 1.807) is 26.1 Å². The number of rotatable bonds is 5. The summed E-state index contributed by atoms with van der Waals surface area (Å²) in [5, 5.41) is 17.3. The molecule has 0 amide bonds. The van der Waals surface area contributed by atoms with Gasteiger partial charge in [0.15, 0.2) is 0 Å². The van der Waals surface area contributed by atoms with E-state index in [4.69, 9.17) is 11.6 Å². The molecule has 1 aromatic heterocycles. The lowest BCUT2D eigenvalue weighted by Crippen LogP contribution is -2.16. The summed E-state index contributed by atoms with van der Waals surface area (Å²) in [5.41, 5.74) is 2.19. The number of nitrogens with zero attached hydrogens (tertiary/aromatic N) is 2. The Bertz CT molecular complexity index is 958. The second-order valence-corrected chi connectivity index (χ2v) is 7.92. The van der Waals surface area contributed by atoms with Gasteiger partial charge < -0.3 is 15.7 Å². The van der Waals surface area contributed by atoms with Gasteiger partial charge in [0, 0.05) is 33.2 Å². The van der Waals surface area contributed by atoms with Gasteiger partial charge in [-0.1, -0.05) is 29.8 Å². The zero-order valence-electron chi connectivity index (χ0n) is 15.2. The Kier molecular flexibility index (Phi) is 5.69. The predicted octanol–water partition coefficient (Wildman–Crippen LogP) is 5.92. The summed E-state index contributed by atoms with van der Waals surface area (Å²) in [4.78, 5) is 8.90. The van der Waals surface area contributed by atoms with Crippen molar-refractivity contribution in [3.63, 3.8) is 0 Å². The monoisotopic (exact) mass is 446 g/mol. The molecule has 0 radical (unpaired) electrons. The summed E-state index contributed by atoms with van der Waals surface area (Å²) in [6.07, 6.45) is 1.75. The third-order valence-electron chi connectivity index (χ3n) is 3.95. The molecule has 3 N–H and O–H groups in total. The Morgan fingerprint density at radius 1 is 1.07 bits per heavy atom. The molecule has 0 saturated heterocycles. The van der Waals surface area contributed by atoms with E-state index in [1.165, 1.54) is 0 Å². The van der Waals surface area contributed by atoms with Crippen LogP contribution in [-0.2, 0) is 5.60 Å². The highest BCUT2D eigenvalue weighted by atomic mass is 79.9. The van der Waals surface area contributed by atoms with Crippen LogP contribution in [0.5, 0.6) is 0 Å². The summed E-state index contributed by atoms with van der Waals surface area (Å²) in [5.74, 6) is 1.14. The molecule has 0 spiro atoms. The summed E-state index contributed by atoms with van der Waals surface area (Å²) >= 11 is 9.74. The van der Waals surface area contributed by atoms with Crippen LogP contribution in [0, 0.1) is 6.92 Å². The Balaban J connectivity index is 1.90. The number of para-hydroxylation sites is 1. The first-order valence-electron chi connectivity index (χ1n) is 8.38. The van der Waals surface area contributed by atoms with Crippen LogP contribution in [0.2, 0.25) is 5.02 Å². The molecule has 7 heteroatoms. The van der Waals surface area contributed by atoms with E-state index in [-0.39, 0.29) is 0 Å². The van der Waals surface area contributed by atoms with Crippen molar-refractivity contribution < 1.29 is 5.11 Å². The highest BCUT2D eigenvalue weighted by Crippen LogP contribution is 2.37. The normalized spacial score (nSPS) is 11.3. The van der Waals surface area contributed by atoms with Gasteiger partial charge in [-0.2, -0.15) is 4.98 Å². The van der Waals surface area contributed by atoms with Crippen molar-refractivity contribution in [2.24, 2.45) is 0 Å². The molecule has 140 valence electrons. The number of nitrogens with one attached hydrogen (secondary N) is 2. The third kappa shape index (κ3) is 4.77. The first kappa shape index (κ1) is 19.6. The minimum atomic E-state index is -1.05. The van der Waals surface area contributed by atoms with Gasteiger partial charge in [0.1, 0.15) is 5.82 Å². The maximum absolute atomic E-state index is 10.4. The average molecular weight is 448 g/mol. The van der Waals surface area contributed by atoms with E-state index >= 15 is 0 Å². The molecular formula is C20H20BrClN4O. The van der Waals surface area contributed by atoms with E-state index in [0.29, 0.717) is 32.5 Å². The second kappa shape index (κ2) is 7.84. The summed E-state index contributed by atoms with van der Waals surface area (Å²) in [7, 11) is 0. The molecule has 0 saturated carbocycles. The van der Waals surface area contributed by atoms with Gasteiger partial charge in [-0.15, -0.1) is 0 Å². The Hall–Kier alpha value is -2.15. The molecule has 3 rings (SSSR count). The van der Waals surface area contributed by atoms with Crippen LogP contribution in [0.25, 0.3) is 0 Å². The highest BCUT2D eigenvalue weighted by Gasteiger charge is 2.22. The molecule has 3 aromatic rings. The Labute approximate surface area is 172 Å². The lowest BCUT2D eigenvalue weighted by atomic mass is 9.98. The van der Waals surface area contributed by atoms with E-state index < -0.39 is 5.60 Å². The molecule has 2 aromatic carbocycles. The van der Waals surface area contributed by atoms with Gasteiger partial charge in [0.05, 0.1) is 10.6 Å². The van der Waals surface area contributed by atoms with Crippen molar-refractivity contribution in [3.05, 3.63) is 69.3 Å². The van der Waals surface area contributed by atoms with Crippen LogP contribution in [0.1, 0.15) is 25.0 Å². The average Bonchev–Trinajstić information content (AvgIpc) is 2.61.